The molecular weight excluding hydrogens is 308 g/mol. The smallest absolute Gasteiger partial charge is 0.0647 e. The highest BCUT2D eigenvalue weighted by molar-refractivity contribution is 9.09. The van der Waals surface area contributed by atoms with Gasteiger partial charge in [-0.1, -0.05) is 85.2 Å². The van der Waals surface area contributed by atoms with Gasteiger partial charge in [-0.25, -0.2) is 0 Å². The van der Waals surface area contributed by atoms with Crippen LogP contribution >= 0.6 is 15.9 Å². The summed E-state index contributed by atoms with van der Waals surface area (Å²) in [7, 11) is 0. The van der Waals surface area contributed by atoms with Crippen molar-refractivity contribution in [3.63, 3.8) is 0 Å². The van der Waals surface area contributed by atoms with E-state index in [0.29, 0.717) is 5.92 Å². The largest absolute Gasteiger partial charge is 0.0786 e. The molecule has 0 nitrogen and oxygen atoms in total. The molecule has 0 aliphatic carbocycles. The van der Waals surface area contributed by atoms with Crippen molar-refractivity contribution < 1.29 is 0 Å². The molecule has 1 atom stereocenters. The molecule has 0 saturated carbocycles. The zero-order valence-electron chi connectivity index (χ0n) is 12.6. The highest BCUT2D eigenvalue weighted by Gasteiger charge is 2.13. The maximum absolute atomic E-state index is 3.86. The zero-order valence-corrected chi connectivity index (χ0v) is 14.2. The van der Waals surface area contributed by atoms with Crippen LogP contribution in [0, 0.1) is 5.92 Å². The third-order valence-electron chi connectivity index (χ3n) is 3.63. The lowest BCUT2D eigenvalue weighted by atomic mass is 9.96. The normalized spacial score (nSPS) is 12.7. The van der Waals surface area contributed by atoms with Gasteiger partial charge in [0.1, 0.15) is 0 Å². The third kappa shape index (κ3) is 3.73. The summed E-state index contributed by atoms with van der Waals surface area (Å²) in [5.74, 6) is 0.710. The summed E-state index contributed by atoms with van der Waals surface area (Å²) in [6, 6.07) is 17.7. The molecular formula is C19H23Br. The van der Waals surface area contributed by atoms with Crippen LogP contribution in [0.15, 0.2) is 48.5 Å². The van der Waals surface area contributed by atoms with Crippen LogP contribution in [-0.4, -0.2) is 0 Å². The Bertz CT molecular complexity index is 540. The molecule has 2 rings (SSSR count). The van der Waals surface area contributed by atoms with Crippen molar-refractivity contribution in [2.75, 3.05) is 0 Å². The van der Waals surface area contributed by atoms with Crippen LogP contribution < -0.4 is 0 Å². The van der Waals surface area contributed by atoms with E-state index in [1.807, 2.05) is 0 Å². The van der Waals surface area contributed by atoms with Gasteiger partial charge in [0.15, 0.2) is 0 Å². The molecule has 0 fully saturated rings. The van der Waals surface area contributed by atoms with Gasteiger partial charge in [0.25, 0.3) is 0 Å². The SMILES string of the molecule is CCc1ccccc1C(Br)c1ccc(CC(C)C)cc1. The molecule has 0 aliphatic heterocycles. The molecule has 2 aromatic rings. The molecule has 0 aliphatic rings. The summed E-state index contributed by atoms with van der Waals surface area (Å²) in [4.78, 5) is 0.284. The van der Waals surface area contributed by atoms with Crippen molar-refractivity contribution in [2.45, 2.75) is 38.4 Å². The van der Waals surface area contributed by atoms with E-state index in [1.54, 1.807) is 0 Å². The van der Waals surface area contributed by atoms with Crippen LogP contribution in [0.4, 0.5) is 0 Å². The third-order valence-corrected chi connectivity index (χ3v) is 4.65. The first kappa shape index (κ1) is 15.3. The Morgan fingerprint density at radius 1 is 0.950 bits per heavy atom. The van der Waals surface area contributed by atoms with Crippen molar-refractivity contribution in [1.82, 2.24) is 0 Å². The van der Waals surface area contributed by atoms with Gasteiger partial charge in [-0.05, 0) is 41.0 Å². The average Bonchev–Trinajstić information content (AvgIpc) is 2.46. The minimum Gasteiger partial charge on any atom is -0.0786 e. The monoisotopic (exact) mass is 330 g/mol. The predicted octanol–water partition coefficient (Wildman–Crippen LogP) is 5.93. The lowest BCUT2D eigenvalue weighted by molar-refractivity contribution is 0.647. The van der Waals surface area contributed by atoms with E-state index in [4.69, 9.17) is 0 Å². The molecule has 2 aromatic carbocycles. The molecule has 0 aromatic heterocycles. The molecule has 0 radical (unpaired) electrons. The van der Waals surface area contributed by atoms with Gasteiger partial charge in [0, 0.05) is 0 Å². The second-order valence-electron chi connectivity index (χ2n) is 5.75. The first-order valence-corrected chi connectivity index (χ1v) is 8.34. The Labute approximate surface area is 131 Å². The molecule has 0 N–H and O–H groups in total. The van der Waals surface area contributed by atoms with Gasteiger partial charge in [0.2, 0.25) is 0 Å². The quantitative estimate of drug-likeness (QED) is 0.596. The topological polar surface area (TPSA) is 0 Å². The molecule has 0 amide bonds. The molecule has 1 unspecified atom stereocenters. The van der Waals surface area contributed by atoms with Gasteiger partial charge < -0.3 is 0 Å². The summed E-state index contributed by atoms with van der Waals surface area (Å²) in [6.07, 6.45) is 2.22. The first-order valence-electron chi connectivity index (χ1n) is 7.42. The van der Waals surface area contributed by atoms with E-state index in [-0.39, 0.29) is 4.83 Å². The van der Waals surface area contributed by atoms with Gasteiger partial charge in [-0.15, -0.1) is 0 Å². The van der Waals surface area contributed by atoms with Crippen molar-refractivity contribution in [3.05, 3.63) is 70.8 Å². The maximum atomic E-state index is 3.86. The standard InChI is InChI=1S/C19H23Br/c1-4-16-7-5-6-8-18(16)19(20)17-11-9-15(10-12-17)13-14(2)3/h5-12,14,19H,4,13H2,1-3H3. The summed E-state index contributed by atoms with van der Waals surface area (Å²) >= 11 is 3.86. The van der Waals surface area contributed by atoms with Crippen LogP contribution in [0.1, 0.15) is 47.9 Å². The van der Waals surface area contributed by atoms with Crippen molar-refractivity contribution >= 4 is 15.9 Å². The molecule has 0 bridgehead atoms. The Hall–Kier alpha value is -1.08. The molecule has 0 saturated heterocycles. The van der Waals surface area contributed by atoms with E-state index >= 15 is 0 Å². The fourth-order valence-corrected chi connectivity index (χ4v) is 3.33. The number of rotatable bonds is 5. The van der Waals surface area contributed by atoms with Gasteiger partial charge >= 0.3 is 0 Å². The van der Waals surface area contributed by atoms with Gasteiger partial charge in [-0.2, -0.15) is 0 Å². The number of alkyl halides is 1. The average molecular weight is 331 g/mol. The van der Waals surface area contributed by atoms with Gasteiger partial charge in [0.05, 0.1) is 4.83 Å². The molecule has 1 heteroatoms. The van der Waals surface area contributed by atoms with Crippen molar-refractivity contribution in [1.29, 1.82) is 0 Å². The Morgan fingerprint density at radius 3 is 2.20 bits per heavy atom. The lowest BCUT2D eigenvalue weighted by Gasteiger charge is -2.15. The van der Waals surface area contributed by atoms with E-state index in [2.05, 4.69) is 85.2 Å². The van der Waals surface area contributed by atoms with E-state index in [9.17, 15) is 0 Å². The highest BCUT2D eigenvalue weighted by atomic mass is 79.9. The summed E-state index contributed by atoms with van der Waals surface area (Å²) in [5.41, 5.74) is 5.55. The molecule has 0 heterocycles. The summed E-state index contributed by atoms with van der Waals surface area (Å²) in [6.45, 7) is 6.74. The fraction of sp³-hybridized carbons (Fsp3) is 0.368. The maximum Gasteiger partial charge on any atom is 0.0647 e. The minimum atomic E-state index is 0.284. The van der Waals surface area contributed by atoms with Crippen molar-refractivity contribution in [3.8, 4) is 0 Å². The highest BCUT2D eigenvalue weighted by Crippen LogP contribution is 2.33. The van der Waals surface area contributed by atoms with Crippen LogP contribution in [0.3, 0.4) is 0 Å². The number of benzene rings is 2. The van der Waals surface area contributed by atoms with Crippen LogP contribution in [0.25, 0.3) is 0 Å². The van der Waals surface area contributed by atoms with Crippen LogP contribution in [0.5, 0.6) is 0 Å². The minimum absolute atomic E-state index is 0.284. The predicted molar refractivity (Wildman–Crippen MR) is 91.6 cm³/mol. The Kier molecular flexibility index (Phi) is 5.42. The van der Waals surface area contributed by atoms with E-state index < -0.39 is 0 Å². The molecule has 106 valence electrons. The lowest BCUT2D eigenvalue weighted by Crippen LogP contribution is -1.99. The van der Waals surface area contributed by atoms with Crippen LogP contribution in [-0.2, 0) is 12.8 Å². The molecule has 0 spiro atoms. The first-order chi connectivity index (χ1) is 9.61. The number of halogens is 1. The zero-order chi connectivity index (χ0) is 14.5. The fourth-order valence-electron chi connectivity index (χ4n) is 2.58. The Morgan fingerprint density at radius 2 is 1.60 bits per heavy atom. The summed E-state index contributed by atoms with van der Waals surface area (Å²) in [5, 5.41) is 0. The second-order valence-corrected chi connectivity index (χ2v) is 6.67. The van der Waals surface area contributed by atoms with Crippen molar-refractivity contribution in [2.24, 2.45) is 5.92 Å². The number of hydrogen-bond donors (Lipinski definition) is 0. The van der Waals surface area contributed by atoms with Crippen LogP contribution in [0.2, 0.25) is 0 Å². The summed E-state index contributed by atoms with van der Waals surface area (Å²) < 4.78 is 0. The van der Waals surface area contributed by atoms with E-state index in [0.717, 1.165) is 12.8 Å². The number of hydrogen-bond acceptors (Lipinski definition) is 0. The Balaban J connectivity index is 2.22. The van der Waals surface area contributed by atoms with E-state index in [1.165, 1.54) is 22.3 Å². The second kappa shape index (κ2) is 7.08. The molecule has 20 heavy (non-hydrogen) atoms. The number of aryl methyl sites for hydroxylation is 1. The van der Waals surface area contributed by atoms with Gasteiger partial charge in [-0.3, -0.25) is 0 Å².